The second-order valence-corrected chi connectivity index (χ2v) is 8.83. The highest BCUT2D eigenvalue weighted by Gasteiger charge is 2.26. The summed E-state index contributed by atoms with van der Waals surface area (Å²) < 4.78 is 9.51. The molecule has 35 heavy (non-hydrogen) atoms. The van der Waals surface area contributed by atoms with E-state index in [9.17, 15) is 0 Å². The maximum atomic E-state index is 5.54. The topological polar surface area (TPSA) is 70.7 Å². The number of aryl methyl sites for hydroxylation is 2. The molecular weight excluding hydrogens is 436 g/mol. The Morgan fingerprint density at radius 3 is 2.74 bits per heavy atom. The average Bonchev–Trinajstić information content (AvgIpc) is 3.52. The second-order valence-electron chi connectivity index (χ2n) is 8.83. The summed E-state index contributed by atoms with van der Waals surface area (Å²) in [6.45, 7) is 2.85. The molecule has 1 aliphatic rings. The lowest BCUT2D eigenvalue weighted by molar-refractivity contribution is 0.395. The van der Waals surface area contributed by atoms with Crippen molar-refractivity contribution in [2.24, 2.45) is 0 Å². The monoisotopic (exact) mass is 462 g/mol. The van der Waals surface area contributed by atoms with Crippen molar-refractivity contribution in [3.8, 4) is 11.6 Å². The fourth-order valence-electron chi connectivity index (χ4n) is 4.89. The van der Waals surface area contributed by atoms with Crippen LogP contribution in [0.15, 0.2) is 67.1 Å². The van der Waals surface area contributed by atoms with E-state index in [0.29, 0.717) is 11.7 Å². The molecule has 4 heterocycles. The van der Waals surface area contributed by atoms with Crippen LogP contribution in [-0.4, -0.2) is 36.4 Å². The van der Waals surface area contributed by atoms with Crippen molar-refractivity contribution >= 4 is 22.9 Å². The fraction of sp³-hybridized carbons (Fsp3) is 0.214. The number of hydrogen-bond acceptors (Lipinski definition) is 5. The van der Waals surface area contributed by atoms with Gasteiger partial charge in [0, 0.05) is 18.7 Å². The molecule has 0 N–H and O–H groups in total. The molecule has 6 rings (SSSR count). The lowest BCUT2D eigenvalue weighted by Gasteiger charge is -2.23. The van der Waals surface area contributed by atoms with Crippen molar-refractivity contribution in [1.29, 1.82) is 0 Å². The van der Waals surface area contributed by atoms with E-state index in [-0.39, 0.29) is 5.92 Å². The highest BCUT2D eigenvalue weighted by molar-refractivity contribution is 5.86. The average molecular weight is 463 g/mol. The Labute approximate surface area is 203 Å². The highest BCUT2D eigenvalue weighted by atomic mass is 16.5. The van der Waals surface area contributed by atoms with E-state index in [0.717, 1.165) is 42.3 Å². The van der Waals surface area contributed by atoms with Gasteiger partial charge in [0.2, 0.25) is 5.88 Å². The minimum atomic E-state index is 0.237. The molecule has 0 amide bonds. The zero-order valence-electron chi connectivity index (χ0n) is 19.8. The number of benzene rings is 2. The molecule has 1 atom stereocenters. The number of nitrogens with zero attached hydrogens (tertiary/aromatic N) is 6. The SMILES string of the molecule is COc1nc(/C=C/c2nc3n(n2)CCC[C@H]3c2cccc3ccccc23)ccc1-n1cnc(C)c1. The van der Waals surface area contributed by atoms with Gasteiger partial charge in [0.25, 0.3) is 0 Å². The lowest BCUT2D eigenvalue weighted by Crippen LogP contribution is -2.18. The van der Waals surface area contributed by atoms with Crippen LogP contribution in [0.2, 0.25) is 0 Å². The molecule has 0 radical (unpaired) electrons. The van der Waals surface area contributed by atoms with Crippen LogP contribution in [0.3, 0.4) is 0 Å². The third-order valence-corrected chi connectivity index (χ3v) is 6.54. The van der Waals surface area contributed by atoms with E-state index in [4.69, 9.17) is 14.8 Å². The van der Waals surface area contributed by atoms with E-state index >= 15 is 0 Å². The molecule has 174 valence electrons. The zero-order chi connectivity index (χ0) is 23.8. The van der Waals surface area contributed by atoms with Crippen LogP contribution in [0.4, 0.5) is 0 Å². The van der Waals surface area contributed by atoms with E-state index in [2.05, 4.69) is 57.1 Å². The molecule has 7 heteroatoms. The minimum absolute atomic E-state index is 0.237. The zero-order valence-corrected chi connectivity index (χ0v) is 19.8. The van der Waals surface area contributed by atoms with E-state index < -0.39 is 0 Å². The van der Waals surface area contributed by atoms with Crippen molar-refractivity contribution in [3.05, 3.63) is 95.7 Å². The van der Waals surface area contributed by atoms with Gasteiger partial charge in [-0.3, -0.25) is 0 Å². The third-order valence-electron chi connectivity index (χ3n) is 6.54. The number of rotatable bonds is 5. The highest BCUT2D eigenvalue weighted by Crippen LogP contribution is 2.36. The van der Waals surface area contributed by atoms with Gasteiger partial charge < -0.3 is 9.30 Å². The quantitative estimate of drug-likeness (QED) is 0.349. The van der Waals surface area contributed by atoms with Crippen molar-refractivity contribution in [3.63, 3.8) is 0 Å². The number of hydrogen-bond donors (Lipinski definition) is 0. The molecule has 0 spiro atoms. The molecule has 0 unspecified atom stereocenters. The summed E-state index contributed by atoms with van der Waals surface area (Å²) in [6, 6.07) is 19.0. The van der Waals surface area contributed by atoms with Gasteiger partial charge >= 0.3 is 0 Å². The molecule has 0 fully saturated rings. The summed E-state index contributed by atoms with van der Waals surface area (Å²) >= 11 is 0. The molecule has 0 bridgehead atoms. The van der Waals surface area contributed by atoms with Crippen LogP contribution >= 0.6 is 0 Å². The summed E-state index contributed by atoms with van der Waals surface area (Å²) in [5.41, 5.74) is 3.89. The minimum Gasteiger partial charge on any atom is -0.479 e. The molecule has 7 nitrogen and oxygen atoms in total. The van der Waals surface area contributed by atoms with Crippen molar-refractivity contribution in [2.75, 3.05) is 7.11 Å². The standard InChI is InChI=1S/C28H26N6O/c1-19-17-33(18-29-19)25-14-12-21(30-28(25)35-2)13-15-26-31-27-24(11-6-16-34(27)32-26)23-10-5-8-20-7-3-4-9-22(20)23/h3-5,7-10,12-15,17-18,24H,6,11,16H2,1-2H3/b15-13+/t24-/m0/s1. The first-order valence-electron chi connectivity index (χ1n) is 11.9. The first-order valence-corrected chi connectivity index (χ1v) is 11.9. The Hall–Kier alpha value is -4.26. The van der Waals surface area contributed by atoms with Crippen LogP contribution < -0.4 is 4.74 Å². The van der Waals surface area contributed by atoms with E-state index in [1.54, 1.807) is 13.4 Å². The summed E-state index contributed by atoms with van der Waals surface area (Å²) in [5, 5.41) is 7.33. The Morgan fingerprint density at radius 2 is 1.89 bits per heavy atom. The number of methoxy groups -OCH3 is 1. The first-order chi connectivity index (χ1) is 17.2. The Morgan fingerprint density at radius 1 is 1.00 bits per heavy atom. The Kier molecular flexibility index (Phi) is 5.37. The molecule has 0 saturated heterocycles. The van der Waals surface area contributed by atoms with Crippen LogP contribution in [0, 0.1) is 6.92 Å². The molecular formula is C28H26N6O. The van der Waals surface area contributed by atoms with E-state index in [1.165, 1.54) is 16.3 Å². The molecule has 0 saturated carbocycles. The molecule has 0 aliphatic carbocycles. The number of ether oxygens (including phenoxy) is 1. The maximum Gasteiger partial charge on any atom is 0.238 e. The van der Waals surface area contributed by atoms with Crippen LogP contribution in [0.1, 0.15) is 47.4 Å². The fourth-order valence-corrected chi connectivity index (χ4v) is 4.89. The van der Waals surface area contributed by atoms with Gasteiger partial charge in [0.1, 0.15) is 11.5 Å². The van der Waals surface area contributed by atoms with Gasteiger partial charge in [-0.15, -0.1) is 0 Å². The van der Waals surface area contributed by atoms with Crippen LogP contribution in [-0.2, 0) is 6.54 Å². The molecule has 5 aromatic rings. The second kappa shape index (κ2) is 8.83. The van der Waals surface area contributed by atoms with E-state index in [1.807, 2.05) is 42.0 Å². The maximum absolute atomic E-state index is 5.54. The van der Waals surface area contributed by atoms with Gasteiger partial charge in [-0.1, -0.05) is 42.5 Å². The van der Waals surface area contributed by atoms with Gasteiger partial charge in [0.15, 0.2) is 5.82 Å². The van der Waals surface area contributed by atoms with Crippen molar-refractivity contribution < 1.29 is 4.74 Å². The van der Waals surface area contributed by atoms with Crippen molar-refractivity contribution in [2.45, 2.75) is 32.2 Å². The smallest absolute Gasteiger partial charge is 0.238 e. The van der Waals surface area contributed by atoms with Crippen LogP contribution in [0.25, 0.3) is 28.6 Å². The summed E-state index contributed by atoms with van der Waals surface area (Å²) in [4.78, 5) is 13.9. The predicted molar refractivity (Wildman–Crippen MR) is 137 cm³/mol. The van der Waals surface area contributed by atoms with Gasteiger partial charge in [0.05, 0.1) is 24.8 Å². The van der Waals surface area contributed by atoms with Crippen molar-refractivity contribution in [1.82, 2.24) is 29.3 Å². The number of pyridine rings is 1. The third kappa shape index (κ3) is 3.99. The first kappa shape index (κ1) is 21.3. The van der Waals surface area contributed by atoms with Gasteiger partial charge in [-0.05, 0) is 60.4 Å². The Balaban J connectivity index is 1.30. The number of fused-ring (bicyclic) bond motifs is 2. The number of aromatic nitrogens is 6. The van der Waals surface area contributed by atoms with Crippen LogP contribution in [0.5, 0.6) is 5.88 Å². The summed E-state index contributed by atoms with van der Waals surface area (Å²) in [6.07, 6.45) is 9.72. The summed E-state index contributed by atoms with van der Waals surface area (Å²) in [7, 11) is 1.63. The summed E-state index contributed by atoms with van der Waals surface area (Å²) in [5.74, 6) is 2.50. The largest absolute Gasteiger partial charge is 0.479 e. The normalized spacial score (nSPS) is 15.5. The predicted octanol–water partition coefficient (Wildman–Crippen LogP) is 5.43. The van der Waals surface area contributed by atoms with Gasteiger partial charge in [-0.2, -0.15) is 5.10 Å². The number of imidazole rings is 1. The molecule has 3 aromatic heterocycles. The lowest BCUT2D eigenvalue weighted by atomic mass is 9.88. The molecule has 1 aliphatic heterocycles. The Bertz CT molecular complexity index is 1540. The van der Waals surface area contributed by atoms with Gasteiger partial charge in [-0.25, -0.2) is 19.6 Å². The molecule has 2 aromatic carbocycles.